The van der Waals surface area contributed by atoms with Gasteiger partial charge < -0.3 is 4.90 Å². The number of nitrogens with zero attached hydrogens (tertiary/aromatic N) is 3. The molecule has 1 saturated heterocycles. The zero-order valence-corrected chi connectivity index (χ0v) is 25.6. The molecule has 4 atom stereocenters. The van der Waals surface area contributed by atoms with Gasteiger partial charge in [0.15, 0.2) is 0 Å². The van der Waals surface area contributed by atoms with Crippen LogP contribution in [0.5, 0.6) is 0 Å². The molecule has 9 heteroatoms. The second-order valence-corrected chi connectivity index (χ2v) is 14.3. The molecule has 216 valence electrons. The van der Waals surface area contributed by atoms with Gasteiger partial charge in [0, 0.05) is 22.2 Å². The zero-order chi connectivity index (χ0) is 29.4. The molecule has 1 amide bonds. The summed E-state index contributed by atoms with van der Waals surface area (Å²) in [5.74, 6) is 0.0804. The number of amides is 1. The van der Waals surface area contributed by atoms with Gasteiger partial charge in [-0.25, -0.2) is 8.42 Å². The largest absolute Gasteiger partial charge is 0.329 e. The molecule has 0 bridgehead atoms. The SMILES string of the molecule is C=CC[C@@]1(C)C[C@H](c2cccc(Cl)c2)[C@@H](c2ccc(Cl)cc2)N(C(CN(c2cccnc2)S(C)(=O)=O)C2CC2)C1=O. The number of carbonyl (C=O) groups excluding carboxylic acids is 1. The van der Waals surface area contributed by atoms with Gasteiger partial charge in [0.25, 0.3) is 0 Å². The molecule has 41 heavy (non-hydrogen) atoms. The number of anilines is 1. The first-order chi connectivity index (χ1) is 19.5. The average Bonchev–Trinajstić information content (AvgIpc) is 3.77. The number of hydrogen-bond donors (Lipinski definition) is 0. The molecule has 2 aromatic carbocycles. The topological polar surface area (TPSA) is 70.6 Å². The van der Waals surface area contributed by atoms with Crippen LogP contribution < -0.4 is 4.31 Å². The fraction of sp³-hybridized carbons (Fsp3) is 0.375. The lowest BCUT2D eigenvalue weighted by Gasteiger charge is -2.52. The summed E-state index contributed by atoms with van der Waals surface area (Å²) in [4.78, 5) is 20.9. The number of piperidine rings is 1. The molecule has 1 aliphatic carbocycles. The van der Waals surface area contributed by atoms with E-state index >= 15 is 0 Å². The molecule has 1 aliphatic heterocycles. The van der Waals surface area contributed by atoms with E-state index in [4.69, 9.17) is 23.2 Å². The molecule has 1 aromatic heterocycles. The zero-order valence-electron chi connectivity index (χ0n) is 23.3. The van der Waals surface area contributed by atoms with Crippen LogP contribution in [0.25, 0.3) is 0 Å². The number of rotatable bonds is 10. The first-order valence-corrected chi connectivity index (χ1v) is 16.4. The van der Waals surface area contributed by atoms with Crippen molar-refractivity contribution in [2.45, 2.75) is 50.6 Å². The third-order valence-electron chi connectivity index (χ3n) is 8.40. The Balaban J connectivity index is 1.69. The number of pyridine rings is 1. The smallest absolute Gasteiger partial charge is 0.232 e. The standard InChI is InChI=1S/C32H35Cl2N3O3S/c1-4-16-32(2)19-28(24-7-5-8-26(34)18-24)30(23-12-14-25(33)15-13-23)37(31(32)38)29(22-10-11-22)21-36(41(3,39)40)27-9-6-17-35-20-27/h4-9,12-15,17-18,20,22,28-30H,1,10-11,16,19,21H2,2-3H3/t28-,29?,30-,32+/m1/s1. The number of sulfonamides is 1. The molecule has 6 nitrogen and oxygen atoms in total. The van der Waals surface area contributed by atoms with Crippen molar-refractivity contribution in [2.24, 2.45) is 11.3 Å². The number of allylic oxidation sites excluding steroid dienone is 1. The van der Waals surface area contributed by atoms with Crippen LogP contribution in [-0.4, -0.2) is 43.1 Å². The Morgan fingerprint density at radius 1 is 1.10 bits per heavy atom. The third-order valence-corrected chi connectivity index (χ3v) is 10.0. The lowest BCUT2D eigenvalue weighted by molar-refractivity contribution is -0.154. The third kappa shape index (κ3) is 6.32. The quantitative estimate of drug-likeness (QED) is 0.226. The van der Waals surface area contributed by atoms with Crippen molar-refractivity contribution in [3.63, 3.8) is 0 Å². The van der Waals surface area contributed by atoms with Crippen molar-refractivity contribution in [1.82, 2.24) is 9.88 Å². The maximum Gasteiger partial charge on any atom is 0.232 e. The highest BCUT2D eigenvalue weighted by Crippen LogP contribution is 2.54. The molecular weight excluding hydrogens is 577 g/mol. The van der Waals surface area contributed by atoms with Gasteiger partial charge in [-0.15, -0.1) is 6.58 Å². The van der Waals surface area contributed by atoms with E-state index in [2.05, 4.69) is 17.6 Å². The van der Waals surface area contributed by atoms with Crippen LogP contribution in [0.4, 0.5) is 5.69 Å². The maximum atomic E-state index is 14.7. The highest BCUT2D eigenvalue weighted by molar-refractivity contribution is 7.92. The number of hydrogen-bond acceptors (Lipinski definition) is 4. The Labute approximate surface area is 253 Å². The fourth-order valence-electron chi connectivity index (χ4n) is 6.30. The average molecular weight is 613 g/mol. The first kappa shape index (κ1) is 29.6. The van der Waals surface area contributed by atoms with Crippen molar-refractivity contribution in [2.75, 3.05) is 17.1 Å². The van der Waals surface area contributed by atoms with Gasteiger partial charge in [-0.1, -0.05) is 60.5 Å². The number of halogens is 2. The van der Waals surface area contributed by atoms with Crippen LogP contribution in [0.2, 0.25) is 10.0 Å². The van der Waals surface area contributed by atoms with E-state index < -0.39 is 15.4 Å². The Hall–Kier alpha value is -2.87. The number of carbonyl (C=O) groups is 1. The van der Waals surface area contributed by atoms with Gasteiger partial charge in [0.05, 0.1) is 42.2 Å². The van der Waals surface area contributed by atoms with E-state index in [0.717, 1.165) is 24.0 Å². The lowest BCUT2D eigenvalue weighted by atomic mass is 9.67. The van der Waals surface area contributed by atoms with Gasteiger partial charge in [-0.05, 0) is 79.1 Å². The van der Waals surface area contributed by atoms with Crippen molar-refractivity contribution in [3.05, 3.63) is 107 Å². The first-order valence-electron chi connectivity index (χ1n) is 13.8. The number of aromatic nitrogens is 1. The fourth-order valence-corrected chi connectivity index (χ4v) is 7.54. The van der Waals surface area contributed by atoms with E-state index in [1.165, 1.54) is 10.6 Å². The van der Waals surface area contributed by atoms with Gasteiger partial charge in [0.2, 0.25) is 15.9 Å². The summed E-state index contributed by atoms with van der Waals surface area (Å²) < 4.78 is 27.7. The molecular formula is C32H35Cl2N3O3S. The summed E-state index contributed by atoms with van der Waals surface area (Å²) in [6.07, 6.45) is 9.12. The van der Waals surface area contributed by atoms with Crippen molar-refractivity contribution < 1.29 is 13.2 Å². The van der Waals surface area contributed by atoms with E-state index in [1.54, 1.807) is 30.6 Å². The van der Waals surface area contributed by atoms with Crippen LogP contribution in [0.1, 0.15) is 55.7 Å². The summed E-state index contributed by atoms with van der Waals surface area (Å²) in [6, 6.07) is 18.2. The van der Waals surface area contributed by atoms with Crippen LogP contribution in [0.15, 0.2) is 85.7 Å². The molecule has 2 fully saturated rings. The molecule has 3 aromatic rings. The van der Waals surface area contributed by atoms with Crippen LogP contribution >= 0.6 is 23.2 Å². The maximum absolute atomic E-state index is 14.7. The van der Waals surface area contributed by atoms with E-state index in [1.807, 2.05) is 54.3 Å². The van der Waals surface area contributed by atoms with Crippen LogP contribution in [0.3, 0.4) is 0 Å². The summed E-state index contributed by atoms with van der Waals surface area (Å²) in [5, 5.41) is 1.24. The number of benzene rings is 2. The normalized spacial score (nSPS) is 23.7. The van der Waals surface area contributed by atoms with Gasteiger partial charge in [0.1, 0.15) is 0 Å². The molecule has 0 N–H and O–H groups in total. The Kier molecular flexibility index (Phi) is 8.51. The second-order valence-electron chi connectivity index (χ2n) is 11.5. The summed E-state index contributed by atoms with van der Waals surface area (Å²) >= 11 is 12.8. The lowest BCUT2D eigenvalue weighted by Crippen LogP contribution is -2.59. The minimum absolute atomic E-state index is 0.00663. The van der Waals surface area contributed by atoms with Crippen molar-refractivity contribution in [3.8, 4) is 0 Å². The summed E-state index contributed by atoms with van der Waals surface area (Å²) in [7, 11) is -3.67. The molecule has 2 heterocycles. The second kappa shape index (κ2) is 11.8. The van der Waals surface area contributed by atoms with Gasteiger partial charge >= 0.3 is 0 Å². The van der Waals surface area contributed by atoms with E-state index in [0.29, 0.717) is 28.6 Å². The van der Waals surface area contributed by atoms with Gasteiger partial charge in [-0.2, -0.15) is 0 Å². The molecule has 0 spiro atoms. The Bertz CT molecular complexity index is 1510. The monoisotopic (exact) mass is 611 g/mol. The Morgan fingerprint density at radius 3 is 2.41 bits per heavy atom. The van der Waals surface area contributed by atoms with Crippen molar-refractivity contribution in [1.29, 1.82) is 0 Å². The minimum Gasteiger partial charge on any atom is -0.329 e. The molecule has 1 saturated carbocycles. The summed E-state index contributed by atoms with van der Waals surface area (Å²) in [5.41, 5.74) is 1.74. The van der Waals surface area contributed by atoms with E-state index in [9.17, 15) is 13.2 Å². The summed E-state index contributed by atoms with van der Waals surface area (Å²) in [6.45, 7) is 6.11. The highest BCUT2D eigenvalue weighted by Gasteiger charge is 2.54. The molecule has 5 rings (SSSR count). The van der Waals surface area contributed by atoms with Crippen molar-refractivity contribution >= 4 is 44.8 Å². The van der Waals surface area contributed by atoms with Gasteiger partial charge in [-0.3, -0.25) is 14.1 Å². The predicted octanol–water partition coefficient (Wildman–Crippen LogP) is 7.27. The van der Waals surface area contributed by atoms with Crippen LogP contribution in [-0.2, 0) is 14.8 Å². The molecule has 1 unspecified atom stereocenters. The van der Waals surface area contributed by atoms with E-state index in [-0.39, 0.29) is 36.4 Å². The predicted molar refractivity (Wildman–Crippen MR) is 166 cm³/mol. The number of likely N-dealkylation sites (tertiary alicyclic amines) is 1. The van der Waals surface area contributed by atoms with Crippen LogP contribution in [0, 0.1) is 11.3 Å². The molecule has 2 aliphatic rings. The minimum atomic E-state index is -3.67. The highest BCUT2D eigenvalue weighted by atomic mass is 35.5. The Morgan fingerprint density at radius 2 is 1.83 bits per heavy atom. The molecule has 0 radical (unpaired) electrons.